The summed E-state index contributed by atoms with van der Waals surface area (Å²) >= 11 is 9.33. The molecule has 0 saturated heterocycles. The fraction of sp³-hybridized carbons (Fsp3) is 0.214. The maximum Gasteiger partial charge on any atom is 0 e. The smallest absolute Gasteiger partial charge is 0 e. The molecule has 0 aliphatic carbocycles. The molecule has 2 rings (SSSR count). The number of anilines is 1. The van der Waals surface area contributed by atoms with Gasteiger partial charge in [-0.15, -0.1) is 11.3 Å². The van der Waals surface area contributed by atoms with Crippen LogP contribution in [0.4, 0.5) is 5.69 Å². The first kappa shape index (κ1) is 18.2. The van der Waals surface area contributed by atoms with Crippen LogP contribution in [0.5, 0.6) is 0 Å². The monoisotopic (exact) mass is 597 g/mol. The Morgan fingerprint density at radius 1 is 1.45 bits per heavy atom. The number of aryl methyl sites for hydroxylation is 2. The van der Waals surface area contributed by atoms with Crippen LogP contribution in [0.2, 0.25) is 0 Å². The number of nitrogens with zero attached hydrogens (tertiary/aromatic N) is 1. The second-order valence-corrected chi connectivity index (χ2v) is 5.53. The van der Waals surface area contributed by atoms with Gasteiger partial charge in [0.2, 0.25) is 0 Å². The number of pyridine rings is 1. The molecular weight excluding hydrogens is 587 g/mol. The van der Waals surface area contributed by atoms with E-state index in [1.807, 2.05) is 6.92 Å². The Hall–Kier alpha value is -1.78. The van der Waals surface area contributed by atoms with Gasteiger partial charge in [-0.1, -0.05) is 63.0 Å². The van der Waals surface area contributed by atoms with Gasteiger partial charge in [0.05, 0.1) is 0 Å². The van der Waals surface area contributed by atoms with E-state index in [4.69, 9.17) is 0 Å². The average Bonchev–Trinajstić information content (AvgIpc) is 2.83. The van der Waals surface area contributed by atoms with Crippen molar-refractivity contribution in [1.82, 2.24) is 4.98 Å². The number of thiophene rings is 1. The standard InChI is InChI=1S/C13H12BrN2S.CH4S.Cm/c1-4-15-13-8(2)16-7-11(14)12(13)10-5-6-17-9(10)3;1-2;/h4-6,15H,1H2,2-3H3;2H,1H3;/q-1;;/p-1. The molecule has 0 aliphatic heterocycles. The molecule has 0 unspecified atom stereocenters. The van der Waals surface area contributed by atoms with Gasteiger partial charge in [0.15, 0.2) is 0 Å². The summed E-state index contributed by atoms with van der Waals surface area (Å²) in [5.74, 6) is 0. The summed E-state index contributed by atoms with van der Waals surface area (Å²) < 4.78 is 0.869. The average molecular weight is 602 g/mol. The van der Waals surface area contributed by atoms with Crippen molar-refractivity contribution in [3.63, 3.8) is 0 Å². The molecule has 0 aromatic carbocycles. The van der Waals surface area contributed by atoms with E-state index in [0.29, 0.717) is 0 Å². The van der Waals surface area contributed by atoms with E-state index >= 15 is 0 Å². The topological polar surface area (TPSA) is 24.9 Å². The van der Waals surface area contributed by atoms with E-state index in [0.717, 1.165) is 21.4 Å². The molecule has 0 amide bonds. The molecule has 1 N–H and O–H groups in total. The molecule has 0 radical (unpaired) electrons. The van der Waals surface area contributed by atoms with E-state index < -0.39 is 0 Å². The van der Waals surface area contributed by atoms with Crippen LogP contribution in [-0.4, -0.2) is 11.2 Å². The Labute approximate surface area is 132 Å². The van der Waals surface area contributed by atoms with Crippen molar-refractivity contribution in [3.05, 3.63) is 45.5 Å². The van der Waals surface area contributed by atoms with Gasteiger partial charge in [0.25, 0.3) is 0 Å². The van der Waals surface area contributed by atoms with Crippen LogP contribution >= 0.6 is 27.3 Å². The third-order valence-electron chi connectivity index (χ3n) is 2.53. The zero-order valence-corrected chi connectivity index (χ0v) is 17.6. The second-order valence-electron chi connectivity index (χ2n) is 3.61. The van der Waals surface area contributed by atoms with E-state index in [1.165, 1.54) is 10.4 Å². The molecule has 2 heterocycles. The van der Waals surface area contributed by atoms with Crippen LogP contribution in [0.25, 0.3) is 11.1 Å². The Morgan fingerprint density at radius 2 is 2.10 bits per heavy atom. The predicted molar refractivity (Wildman–Crippen MR) is 90.7 cm³/mol. The Morgan fingerprint density at radius 3 is 2.60 bits per heavy atom. The molecule has 20 heavy (non-hydrogen) atoms. The van der Waals surface area contributed by atoms with Crippen molar-refractivity contribution in [2.45, 2.75) is 13.8 Å². The molecule has 0 atom stereocenters. The van der Waals surface area contributed by atoms with Crippen LogP contribution in [0.1, 0.15) is 10.6 Å². The molecular formula is C14H15BrCmN2S2-2. The molecule has 110 valence electrons. The van der Waals surface area contributed by atoms with Gasteiger partial charge >= 0.3 is 0 Å². The molecule has 2 aromatic rings. The minimum Gasteiger partial charge on any atom is -0.796 e. The number of halogens is 1. The molecule has 0 saturated carbocycles. The van der Waals surface area contributed by atoms with Crippen molar-refractivity contribution in [3.8, 4) is 11.1 Å². The van der Waals surface area contributed by atoms with E-state index in [-0.39, 0.29) is 0 Å². The van der Waals surface area contributed by atoms with Crippen LogP contribution in [-0.2, 0) is 12.6 Å². The molecule has 0 bridgehead atoms. The number of aromatic nitrogens is 1. The second kappa shape index (κ2) is 8.40. The zero-order chi connectivity index (χ0) is 14.4. The van der Waals surface area contributed by atoms with Crippen molar-refractivity contribution in [1.29, 1.82) is 0 Å². The van der Waals surface area contributed by atoms with Crippen molar-refractivity contribution in [2.24, 2.45) is 0 Å². The fourth-order valence-corrected chi connectivity index (χ4v) is 2.92. The minimum atomic E-state index is 0. The molecule has 0 fully saturated rings. The largest absolute Gasteiger partial charge is 0.796 e. The van der Waals surface area contributed by atoms with E-state index in [1.54, 1.807) is 23.8 Å². The number of hydrogen-bond donors (Lipinski definition) is 1. The van der Waals surface area contributed by atoms with Gasteiger partial charge < -0.3 is 22.9 Å². The molecule has 0 spiro atoms. The number of rotatable bonds is 3. The fourth-order valence-electron chi connectivity index (χ4n) is 1.71. The van der Waals surface area contributed by atoms with Gasteiger partial charge in [-0.25, -0.2) is 0 Å². The number of nitrogens with one attached hydrogen (secondary N) is 1. The van der Waals surface area contributed by atoms with Crippen LogP contribution in [0.3, 0.4) is 0 Å². The maximum atomic E-state index is 4.22. The Kier molecular flexibility index (Phi) is 7.65. The summed E-state index contributed by atoms with van der Waals surface area (Å²) in [6.45, 7) is 7.78. The Balaban J connectivity index is 0.00000115. The van der Waals surface area contributed by atoms with E-state index in [2.05, 4.69) is 70.0 Å². The van der Waals surface area contributed by atoms with Crippen molar-refractivity contribution >= 4 is 45.6 Å². The quantitative estimate of drug-likeness (QED) is 0.408. The molecule has 0 aliphatic rings. The summed E-state index contributed by atoms with van der Waals surface area (Å²) in [4.78, 5) is 5.49. The molecule has 2 nitrogen and oxygen atoms in total. The number of hydrogen-bond acceptors (Lipinski definition) is 4. The molecule has 2 aromatic heterocycles. The summed E-state index contributed by atoms with van der Waals surface area (Å²) in [5, 5.41) is 5.24. The third-order valence-corrected chi connectivity index (χ3v) is 3.95. The van der Waals surface area contributed by atoms with Gasteiger partial charge in [0, 0.05) is 0 Å². The normalized spacial score (nSPS) is 9.05. The van der Waals surface area contributed by atoms with Gasteiger partial charge in [-0.3, -0.25) is 0 Å². The van der Waals surface area contributed by atoms with E-state index in [9.17, 15) is 0 Å². The first-order chi connectivity index (χ1) is 9.15. The SMILES string of the molecule is C=CNc1c(C)n[c-]c(Br)c1-c1ccsc1C.C[S-].[Cm]. The summed E-state index contributed by atoms with van der Waals surface area (Å²) in [5.41, 5.74) is 4.19. The maximum absolute atomic E-state index is 4.22. The van der Waals surface area contributed by atoms with Gasteiger partial charge in [-0.05, 0) is 29.1 Å². The predicted octanol–water partition coefficient (Wildman–Crippen LogP) is 4.71. The summed E-state index contributed by atoms with van der Waals surface area (Å²) in [6.07, 6.45) is 6.23. The van der Waals surface area contributed by atoms with Crippen molar-refractivity contribution in [2.75, 3.05) is 11.6 Å². The summed E-state index contributed by atoms with van der Waals surface area (Å²) in [7, 11) is 0. The zero-order valence-electron chi connectivity index (χ0n) is 11.4. The van der Waals surface area contributed by atoms with Crippen LogP contribution in [0.15, 0.2) is 28.7 Å². The van der Waals surface area contributed by atoms with Gasteiger partial charge in [-0.2, -0.15) is 6.26 Å². The van der Waals surface area contributed by atoms with Gasteiger partial charge in [0.1, 0.15) is 0 Å². The minimum absolute atomic E-state index is 0. The Bertz CT molecular complexity index is 570. The molecule has 6 heteroatoms. The third kappa shape index (κ3) is 3.62. The van der Waals surface area contributed by atoms with Crippen LogP contribution < -0.4 is 5.32 Å². The summed E-state index contributed by atoms with van der Waals surface area (Å²) in [6, 6.07) is 2.11. The van der Waals surface area contributed by atoms with Crippen molar-refractivity contribution < 1.29 is 0 Å². The first-order valence-electron chi connectivity index (χ1n) is 5.55. The first-order valence-corrected chi connectivity index (χ1v) is 8.04. The van der Waals surface area contributed by atoms with Crippen LogP contribution in [0, 0.1) is 20.0 Å².